The van der Waals surface area contributed by atoms with Crippen molar-refractivity contribution in [3.8, 4) is 39.7 Å². The minimum atomic E-state index is -0.517. The van der Waals surface area contributed by atoms with E-state index in [4.69, 9.17) is 9.97 Å². The average Bonchev–Trinajstić information content (AvgIpc) is 3.50. The molecule has 150 valence electrons. The zero-order chi connectivity index (χ0) is 20.9. The van der Waals surface area contributed by atoms with Crippen LogP contribution in [0.25, 0.3) is 56.0 Å². The van der Waals surface area contributed by atoms with Crippen molar-refractivity contribution in [2.24, 2.45) is 0 Å². The monoisotopic (exact) mass is 411 g/mol. The van der Waals surface area contributed by atoms with Gasteiger partial charge in [0.1, 0.15) is 17.1 Å². The van der Waals surface area contributed by atoms with Gasteiger partial charge in [0.15, 0.2) is 11.5 Å². The normalized spacial score (nSPS) is 11.5. The van der Waals surface area contributed by atoms with E-state index in [-0.39, 0.29) is 5.75 Å². The Morgan fingerprint density at radius 1 is 0.903 bits per heavy atom. The quantitative estimate of drug-likeness (QED) is 0.344. The first-order valence-corrected chi connectivity index (χ1v) is 9.49. The highest BCUT2D eigenvalue weighted by Gasteiger charge is 2.17. The molecule has 0 aliphatic rings. The number of para-hydroxylation sites is 1. The first-order chi connectivity index (χ1) is 15.2. The van der Waals surface area contributed by atoms with E-state index in [1.165, 1.54) is 12.1 Å². The number of phenolic OH excluding ortho intramolecular Hbond substituents is 1. The van der Waals surface area contributed by atoms with E-state index in [0.717, 1.165) is 28.4 Å². The maximum Gasteiger partial charge on any atom is 0.161 e. The molecule has 0 saturated heterocycles. The van der Waals surface area contributed by atoms with Crippen LogP contribution in [0.5, 0.6) is 5.75 Å². The Bertz CT molecular complexity index is 1550. The van der Waals surface area contributed by atoms with Crippen LogP contribution in [0.1, 0.15) is 0 Å². The Kier molecular flexibility index (Phi) is 3.63. The van der Waals surface area contributed by atoms with Crippen LogP contribution in [0.15, 0.2) is 60.9 Å². The number of halogens is 1. The third-order valence-corrected chi connectivity index (χ3v) is 5.13. The molecule has 9 heteroatoms. The fourth-order valence-corrected chi connectivity index (χ4v) is 3.72. The number of imidazole rings is 1. The number of H-pyrrole nitrogens is 3. The SMILES string of the molecule is Oc1cc(F)cc(-c2cccc3[nH]c(-c4n[nH]c5ccc(-c6cn[nH]c6)nc45)nc23)c1. The second-order valence-electron chi connectivity index (χ2n) is 7.14. The highest BCUT2D eigenvalue weighted by atomic mass is 19.1. The predicted molar refractivity (Wildman–Crippen MR) is 114 cm³/mol. The van der Waals surface area contributed by atoms with E-state index in [1.807, 2.05) is 30.3 Å². The number of phenols is 1. The fraction of sp³-hybridized carbons (Fsp3) is 0. The van der Waals surface area contributed by atoms with E-state index in [2.05, 4.69) is 25.4 Å². The number of hydrogen-bond acceptors (Lipinski definition) is 5. The van der Waals surface area contributed by atoms with Crippen molar-refractivity contribution in [3.05, 3.63) is 66.7 Å². The second kappa shape index (κ2) is 6.49. The molecule has 4 N–H and O–H groups in total. The summed E-state index contributed by atoms with van der Waals surface area (Å²) in [6.07, 6.45) is 3.48. The number of aromatic amines is 3. The molecular weight excluding hydrogens is 397 g/mol. The van der Waals surface area contributed by atoms with Gasteiger partial charge in [0.2, 0.25) is 0 Å². The first-order valence-electron chi connectivity index (χ1n) is 9.49. The molecule has 0 fully saturated rings. The average molecular weight is 411 g/mol. The number of benzene rings is 2. The summed E-state index contributed by atoms with van der Waals surface area (Å²) in [6.45, 7) is 0. The van der Waals surface area contributed by atoms with Gasteiger partial charge in [-0.25, -0.2) is 14.4 Å². The zero-order valence-electron chi connectivity index (χ0n) is 15.9. The number of pyridine rings is 1. The van der Waals surface area contributed by atoms with Crippen molar-refractivity contribution < 1.29 is 9.50 Å². The number of aromatic hydroxyl groups is 1. The van der Waals surface area contributed by atoms with Crippen molar-refractivity contribution in [1.29, 1.82) is 0 Å². The lowest BCUT2D eigenvalue weighted by atomic mass is 10.0. The summed E-state index contributed by atoms with van der Waals surface area (Å²) in [7, 11) is 0. The minimum Gasteiger partial charge on any atom is -0.508 e. The van der Waals surface area contributed by atoms with Gasteiger partial charge in [-0.2, -0.15) is 10.2 Å². The summed E-state index contributed by atoms with van der Waals surface area (Å²) in [5, 5.41) is 24.0. The number of nitrogens with zero attached hydrogens (tertiary/aromatic N) is 4. The highest BCUT2D eigenvalue weighted by molar-refractivity contribution is 5.96. The number of fused-ring (bicyclic) bond motifs is 2. The smallest absolute Gasteiger partial charge is 0.161 e. The summed E-state index contributed by atoms with van der Waals surface area (Å²) in [4.78, 5) is 12.7. The van der Waals surface area contributed by atoms with Crippen LogP contribution in [-0.4, -0.2) is 40.5 Å². The topological polar surface area (TPSA) is 119 Å². The summed E-state index contributed by atoms with van der Waals surface area (Å²) in [5.74, 6) is -0.125. The molecule has 0 spiro atoms. The Balaban J connectivity index is 1.53. The van der Waals surface area contributed by atoms with Gasteiger partial charge in [0.25, 0.3) is 0 Å². The Morgan fingerprint density at radius 3 is 2.68 bits per heavy atom. The lowest BCUT2D eigenvalue weighted by molar-refractivity contribution is 0.469. The highest BCUT2D eigenvalue weighted by Crippen LogP contribution is 2.33. The van der Waals surface area contributed by atoms with Crippen molar-refractivity contribution in [2.75, 3.05) is 0 Å². The Hall–Kier alpha value is -4.53. The van der Waals surface area contributed by atoms with Crippen LogP contribution >= 0.6 is 0 Å². The molecule has 6 aromatic rings. The molecule has 31 heavy (non-hydrogen) atoms. The van der Waals surface area contributed by atoms with Crippen molar-refractivity contribution in [1.82, 2.24) is 35.3 Å². The first kappa shape index (κ1) is 17.3. The molecule has 8 nitrogen and oxygen atoms in total. The van der Waals surface area contributed by atoms with Crippen molar-refractivity contribution in [2.45, 2.75) is 0 Å². The molecule has 0 aliphatic heterocycles. The standard InChI is InChI=1S/C22H14FN7O/c23-13-6-11(7-14(31)8-13)15-2-1-3-17-19(15)28-22(27-17)21-20-18(29-30-21)5-4-16(26-20)12-9-24-25-10-12/h1-10,31H,(H,24,25)(H,27,28)(H,29,30). The van der Waals surface area contributed by atoms with Crippen LogP contribution in [0.2, 0.25) is 0 Å². The van der Waals surface area contributed by atoms with Gasteiger partial charge >= 0.3 is 0 Å². The molecule has 6 rings (SSSR count). The minimum absolute atomic E-state index is 0.142. The molecule has 0 atom stereocenters. The number of nitrogens with one attached hydrogen (secondary N) is 3. The maximum absolute atomic E-state index is 13.9. The van der Waals surface area contributed by atoms with Crippen LogP contribution < -0.4 is 0 Å². The third-order valence-electron chi connectivity index (χ3n) is 5.13. The number of hydrogen-bond donors (Lipinski definition) is 4. The van der Waals surface area contributed by atoms with E-state index in [0.29, 0.717) is 33.7 Å². The fourth-order valence-electron chi connectivity index (χ4n) is 3.72. The maximum atomic E-state index is 13.9. The van der Waals surface area contributed by atoms with E-state index in [1.54, 1.807) is 12.4 Å². The van der Waals surface area contributed by atoms with Gasteiger partial charge in [0, 0.05) is 23.4 Å². The zero-order valence-corrected chi connectivity index (χ0v) is 15.9. The molecule has 0 amide bonds. The molecule has 0 unspecified atom stereocenters. The number of aromatic nitrogens is 7. The summed E-state index contributed by atoms with van der Waals surface area (Å²) >= 11 is 0. The number of rotatable bonds is 3. The molecule has 0 radical (unpaired) electrons. The van der Waals surface area contributed by atoms with Gasteiger partial charge in [-0.05, 0) is 35.9 Å². The molecule has 0 aliphatic carbocycles. The van der Waals surface area contributed by atoms with Crippen molar-refractivity contribution in [3.63, 3.8) is 0 Å². The molecule has 4 aromatic heterocycles. The molecule has 0 saturated carbocycles. The van der Waals surface area contributed by atoms with Gasteiger partial charge < -0.3 is 10.1 Å². The Morgan fingerprint density at radius 2 is 1.84 bits per heavy atom. The molecule has 2 aromatic carbocycles. The van der Waals surface area contributed by atoms with Crippen LogP contribution in [0, 0.1) is 5.82 Å². The summed E-state index contributed by atoms with van der Waals surface area (Å²) in [5.41, 5.74) is 6.28. The van der Waals surface area contributed by atoms with E-state index >= 15 is 0 Å². The summed E-state index contributed by atoms with van der Waals surface area (Å²) in [6, 6.07) is 13.3. The Labute approximate surface area is 173 Å². The summed E-state index contributed by atoms with van der Waals surface area (Å²) < 4.78 is 13.9. The molecule has 4 heterocycles. The van der Waals surface area contributed by atoms with Crippen LogP contribution in [0.3, 0.4) is 0 Å². The van der Waals surface area contributed by atoms with Crippen LogP contribution in [0.4, 0.5) is 4.39 Å². The van der Waals surface area contributed by atoms with Gasteiger partial charge in [0.05, 0.1) is 28.4 Å². The lowest BCUT2D eigenvalue weighted by Gasteiger charge is -2.04. The molecule has 0 bridgehead atoms. The van der Waals surface area contributed by atoms with Crippen molar-refractivity contribution >= 4 is 22.1 Å². The second-order valence-corrected chi connectivity index (χ2v) is 7.14. The molecular formula is C22H14FN7O. The lowest BCUT2D eigenvalue weighted by Crippen LogP contribution is -1.86. The van der Waals surface area contributed by atoms with E-state index < -0.39 is 5.82 Å². The van der Waals surface area contributed by atoms with Gasteiger partial charge in [-0.15, -0.1) is 0 Å². The predicted octanol–water partition coefficient (Wildman–Crippen LogP) is 4.40. The van der Waals surface area contributed by atoms with Gasteiger partial charge in [-0.1, -0.05) is 12.1 Å². The largest absolute Gasteiger partial charge is 0.508 e. The third kappa shape index (κ3) is 2.83. The van der Waals surface area contributed by atoms with Gasteiger partial charge in [-0.3, -0.25) is 10.2 Å². The van der Waals surface area contributed by atoms with Crippen LogP contribution in [-0.2, 0) is 0 Å². The van der Waals surface area contributed by atoms with E-state index in [9.17, 15) is 9.50 Å².